The summed E-state index contributed by atoms with van der Waals surface area (Å²) in [7, 11) is 4.27. The van der Waals surface area contributed by atoms with Crippen LogP contribution in [0.15, 0.2) is 146 Å². The summed E-state index contributed by atoms with van der Waals surface area (Å²) in [4.78, 5) is 4.60. The summed E-state index contributed by atoms with van der Waals surface area (Å²) in [6.07, 6.45) is 0. The minimum atomic E-state index is -0.0161. The van der Waals surface area contributed by atoms with Crippen molar-refractivity contribution >= 4 is 0 Å². The fraction of sp³-hybridized carbons (Fsp3) is 0.150. The third kappa shape index (κ3) is 8.09. The molecule has 0 bridgehead atoms. The summed E-state index contributed by atoms with van der Waals surface area (Å²) < 4.78 is 0. The summed E-state index contributed by atoms with van der Waals surface area (Å²) in [6, 6.07) is 50.3. The summed E-state index contributed by atoms with van der Waals surface area (Å²) >= 11 is 0. The zero-order valence-electron chi connectivity index (χ0n) is 24.3. The summed E-state index contributed by atoms with van der Waals surface area (Å²) in [5.74, 6) is 13.9. The molecule has 206 valence electrons. The van der Waals surface area contributed by atoms with Gasteiger partial charge in [-0.05, 0) is 60.6 Å². The standard InChI is InChI=1S/C40H36N2/c1-41(31-35-15-7-3-8-16-35)39(37-19-11-5-12-20-37)29-27-33-23-25-34(26-24-33)28-30-40(38-21-13-6-14-22-38)42(2)32-36-17-9-4-10-18-36/h3-26,39-40H,31-32H2,1-2H3. The Balaban J connectivity index is 1.34. The van der Waals surface area contributed by atoms with E-state index in [-0.39, 0.29) is 12.1 Å². The maximum atomic E-state index is 3.53. The van der Waals surface area contributed by atoms with Gasteiger partial charge in [-0.1, -0.05) is 145 Å². The van der Waals surface area contributed by atoms with E-state index in [9.17, 15) is 0 Å². The van der Waals surface area contributed by atoms with Crippen molar-refractivity contribution in [3.63, 3.8) is 0 Å². The molecule has 5 rings (SSSR count). The minimum Gasteiger partial charge on any atom is -0.285 e. The molecule has 0 amide bonds. The SMILES string of the molecule is CN(Cc1ccccc1)C(C#Cc1ccc(C#CC(c2ccccc2)N(C)Cc2ccccc2)cc1)c1ccccc1. The molecule has 2 heteroatoms. The van der Waals surface area contributed by atoms with Crippen LogP contribution >= 0.6 is 0 Å². The van der Waals surface area contributed by atoms with Gasteiger partial charge in [-0.25, -0.2) is 0 Å². The van der Waals surface area contributed by atoms with E-state index in [1.165, 1.54) is 22.3 Å². The Morgan fingerprint density at radius 3 is 1.07 bits per heavy atom. The predicted molar refractivity (Wildman–Crippen MR) is 174 cm³/mol. The van der Waals surface area contributed by atoms with Gasteiger partial charge in [-0.15, -0.1) is 0 Å². The zero-order valence-corrected chi connectivity index (χ0v) is 24.3. The normalized spacial score (nSPS) is 12.1. The topological polar surface area (TPSA) is 6.48 Å². The third-order valence-corrected chi connectivity index (χ3v) is 7.25. The van der Waals surface area contributed by atoms with E-state index in [0.717, 1.165) is 24.2 Å². The van der Waals surface area contributed by atoms with E-state index in [4.69, 9.17) is 0 Å². The van der Waals surface area contributed by atoms with Crippen LogP contribution in [0.2, 0.25) is 0 Å². The Morgan fingerprint density at radius 2 is 0.738 bits per heavy atom. The highest BCUT2D eigenvalue weighted by molar-refractivity contribution is 5.44. The molecule has 0 radical (unpaired) electrons. The molecule has 0 heterocycles. The van der Waals surface area contributed by atoms with Crippen LogP contribution in [0.4, 0.5) is 0 Å². The number of nitrogens with zero attached hydrogens (tertiary/aromatic N) is 2. The van der Waals surface area contributed by atoms with Crippen LogP contribution < -0.4 is 0 Å². The van der Waals surface area contributed by atoms with Crippen LogP contribution in [0.25, 0.3) is 0 Å². The Bertz CT molecular complexity index is 1510. The quantitative estimate of drug-likeness (QED) is 0.182. The Kier molecular flexibility index (Phi) is 10.0. The fourth-order valence-corrected chi connectivity index (χ4v) is 5.03. The van der Waals surface area contributed by atoms with E-state index in [0.29, 0.717) is 0 Å². The lowest BCUT2D eigenvalue weighted by atomic mass is 10.0. The number of benzene rings is 5. The molecule has 42 heavy (non-hydrogen) atoms. The van der Waals surface area contributed by atoms with Gasteiger partial charge in [0.2, 0.25) is 0 Å². The summed E-state index contributed by atoms with van der Waals surface area (Å²) in [5.41, 5.74) is 6.89. The van der Waals surface area contributed by atoms with Crippen molar-refractivity contribution < 1.29 is 0 Å². The molecule has 0 N–H and O–H groups in total. The first-order valence-electron chi connectivity index (χ1n) is 14.4. The van der Waals surface area contributed by atoms with Gasteiger partial charge in [0.15, 0.2) is 0 Å². The lowest BCUT2D eigenvalue weighted by molar-refractivity contribution is 0.285. The zero-order chi connectivity index (χ0) is 29.0. The van der Waals surface area contributed by atoms with Crippen LogP contribution in [0.1, 0.15) is 45.5 Å². The molecule has 0 aliphatic heterocycles. The lowest BCUT2D eigenvalue weighted by Gasteiger charge is -2.24. The van der Waals surface area contributed by atoms with Crippen molar-refractivity contribution in [2.45, 2.75) is 25.2 Å². The van der Waals surface area contributed by atoms with Gasteiger partial charge in [0.25, 0.3) is 0 Å². The highest BCUT2D eigenvalue weighted by Crippen LogP contribution is 2.22. The second kappa shape index (κ2) is 14.7. The van der Waals surface area contributed by atoms with Crippen LogP contribution in [-0.2, 0) is 13.1 Å². The highest BCUT2D eigenvalue weighted by atomic mass is 15.1. The number of hydrogen-bond donors (Lipinski definition) is 0. The molecule has 0 aliphatic carbocycles. The second-order valence-electron chi connectivity index (χ2n) is 10.5. The molecule has 0 aromatic heterocycles. The van der Waals surface area contributed by atoms with E-state index in [1.54, 1.807) is 0 Å². The van der Waals surface area contributed by atoms with Gasteiger partial charge in [0.05, 0.1) is 12.1 Å². The molecular formula is C40H36N2. The van der Waals surface area contributed by atoms with Crippen molar-refractivity contribution in [3.8, 4) is 23.7 Å². The molecule has 5 aromatic carbocycles. The van der Waals surface area contributed by atoms with E-state index < -0.39 is 0 Å². The number of rotatable bonds is 8. The van der Waals surface area contributed by atoms with Gasteiger partial charge in [-0.3, -0.25) is 9.80 Å². The molecule has 2 unspecified atom stereocenters. The van der Waals surface area contributed by atoms with Crippen molar-refractivity contribution in [2.24, 2.45) is 0 Å². The third-order valence-electron chi connectivity index (χ3n) is 7.25. The maximum Gasteiger partial charge on any atom is 0.0975 e. The summed E-state index contributed by atoms with van der Waals surface area (Å²) in [6.45, 7) is 1.65. The fourth-order valence-electron chi connectivity index (χ4n) is 5.03. The van der Waals surface area contributed by atoms with Gasteiger partial charge >= 0.3 is 0 Å². The Labute approximate surface area is 251 Å². The van der Waals surface area contributed by atoms with E-state index >= 15 is 0 Å². The Morgan fingerprint density at radius 1 is 0.429 bits per heavy atom. The molecule has 0 fully saturated rings. The molecular weight excluding hydrogens is 508 g/mol. The first-order valence-corrected chi connectivity index (χ1v) is 14.4. The monoisotopic (exact) mass is 544 g/mol. The van der Waals surface area contributed by atoms with Gasteiger partial charge in [-0.2, -0.15) is 0 Å². The molecule has 0 saturated heterocycles. The van der Waals surface area contributed by atoms with E-state index in [2.05, 4.69) is 181 Å². The second-order valence-corrected chi connectivity index (χ2v) is 10.5. The Hall–Kier alpha value is -4.86. The molecule has 0 spiro atoms. The first-order chi connectivity index (χ1) is 20.7. The molecule has 5 aromatic rings. The molecule has 0 saturated carbocycles. The van der Waals surface area contributed by atoms with Gasteiger partial charge in [0.1, 0.15) is 0 Å². The van der Waals surface area contributed by atoms with Crippen LogP contribution in [-0.4, -0.2) is 23.9 Å². The predicted octanol–water partition coefficient (Wildman–Crippen LogP) is 8.14. The molecule has 2 atom stereocenters. The van der Waals surface area contributed by atoms with Gasteiger partial charge in [0, 0.05) is 24.2 Å². The van der Waals surface area contributed by atoms with Crippen LogP contribution in [0, 0.1) is 23.7 Å². The van der Waals surface area contributed by atoms with E-state index in [1.807, 2.05) is 12.1 Å². The minimum absolute atomic E-state index is 0.0161. The maximum absolute atomic E-state index is 3.53. The summed E-state index contributed by atoms with van der Waals surface area (Å²) in [5, 5.41) is 0. The molecule has 0 aliphatic rings. The van der Waals surface area contributed by atoms with Crippen molar-refractivity contribution in [3.05, 3.63) is 179 Å². The largest absolute Gasteiger partial charge is 0.285 e. The molecule has 2 nitrogen and oxygen atoms in total. The number of hydrogen-bond acceptors (Lipinski definition) is 2. The average Bonchev–Trinajstić information content (AvgIpc) is 3.04. The first kappa shape index (κ1) is 28.7. The highest BCUT2D eigenvalue weighted by Gasteiger charge is 2.16. The van der Waals surface area contributed by atoms with Crippen LogP contribution in [0.3, 0.4) is 0 Å². The smallest absolute Gasteiger partial charge is 0.0975 e. The van der Waals surface area contributed by atoms with Gasteiger partial charge < -0.3 is 0 Å². The van der Waals surface area contributed by atoms with Crippen molar-refractivity contribution in [2.75, 3.05) is 14.1 Å². The average molecular weight is 545 g/mol. The lowest BCUT2D eigenvalue weighted by Crippen LogP contribution is -2.23. The van der Waals surface area contributed by atoms with Crippen molar-refractivity contribution in [1.29, 1.82) is 0 Å². The van der Waals surface area contributed by atoms with Crippen molar-refractivity contribution in [1.82, 2.24) is 9.80 Å². The van der Waals surface area contributed by atoms with Crippen LogP contribution in [0.5, 0.6) is 0 Å².